The van der Waals surface area contributed by atoms with Gasteiger partial charge in [0, 0.05) is 12.6 Å². The summed E-state index contributed by atoms with van der Waals surface area (Å²) in [5.41, 5.74) is 4.28. The van der Waals surface area contributed by atoms with Gasteiger partial charge in [0.05, 0.1) is 16.6 Å². The van der Waals surface area contributed by atoms with E-state index in [1.165, 1.54) is 6.42 Å². The van der Waals surface area contributed by atoms with E-state index in [0.717, 1.165) is 40.8 Å². The van der Waals surface area contributed by atoms with Crippen LogP contribution in [-0.4, -0.2) is 27.7 Å². The molecular weight excluding hydrogens is 290 g/mol. The molecule has 0 amide bonds. The first kappa shape index (κ1) is 15.7. The van der Waals surface area contributed by atoms with Crippen LogP contribution in [0.3, 0.4) is 0 Å². The molecule has 1 aromatic carbocycles. The van der Waals surface area contributed by atoms with Crippen LogP contribution in [0.1, 0.15) is 43.1 Å². The summed E-state index contributed by atoms with van der Waals surface area (Å²) in [6, 6.07) is 4.08. The van der Waals surface area contributed by atoms with Crippen molar-refractivity contribution in [2.24, 2.45) is 7.05 Å². The summed E-state index contributed by atoms with van der Waals surface area (Å²) < 4.78 is 2.16. The van der Waals surface area contributed by atoms with E-state index in [1.54, 1.807) is 13.0 Å². The Morgan fingerprint density at radius 2 is 2.13 bits per heavy atom. The van der Waals surface area contributed by atoms with E-state index < -0.39 is 5.97 Å². The second-order valence-corrected chi connectivity index (χ2v) is 6.51. The van der Waals surface area contributed by atoms with Crippen LogP contribution in [-0.2, 0) is 17.4 Å². The van der Waals surface area contributed by atoms with Crippen LogP contribution in [0.15, 0.2) is 17.7 Å². The average molecular weight is 313 g/mol. The van der Waals surface area contributed by atoms with Crippen molar-refractivity contribution in [2.75, 3.05) is 7.05 Å². The summed E-state index contributed by atoms with van der Waals surface area (Å²) in [5, 5.41) is 12.5. The van der Waals surface area contributed by atoms with E-state index in [0.29, 0.717) is 5.57 Å². The van der Waals surface area contributed by atoms with E-state index in [9.17, 15) is 4.79 Å². The number of carbonyl (C=O) groups is 1. The van der Waals surface area contributed by atoms with Crippen molar-refractivity contribution in [3.05, 3.63) is 34.7 Å². The Hall–Kier alpha value is -2.14. The van der Waals surface area contributed by atoms with Gasteiger partial charge in [0.2, 0.25) is 0 Å². The standard InChI is InChI=1S/C18H23N3O2/c1-11-9-15-14(10-13(11)8-12(2)16(22)23)20-17(21(15)4)18(19-3)6-5-7-18/h8-10,19H,5-7H2,1-4H3,(H,22,23)/b12-8+. The zero-order chi connectivity index (χ0) is 16.8. The minimum Gasteiger partial charge on any atom is -0.478 e. The zero-order valence-corrected chi connectivity index (χ0v) is 14.1. The fraction of sp³-hybridized carbons (Fsp3) is 0.444. The molecule has 0 unspecified atom stereocenters. The number of nitrogens with zero attached hydrogens (tertiary/aromatic N) is 2. The van der Waals surface area contributed by atoms with E-state index >= 15 is 0 Å². The minimum atomic E-state index is -0.894. The second-order valence-electron chi connectivity index (χ2n) is 6.51. The third-order valence-electron chi connectivity index (χ3n) is 5.09. The number of fused-ring (bicyclic) bond motifs is 1. The molecule has 0 atom stereocenters. The summed E-state index contributed by atoms with van der Waals surface area (Å²) >= 11 is 0. The molecule has 0 spiro atoms. The van der Waals surface area contributed by atoms with Crippen LogP contribution < -0.4 is 5.32 Å². The fourth-order valence-electron chi connectivity index (χ4n) is 3.35. The Morgan fingerprint density at radius 1 is 1.43 bits per heavy atom. The highest BCUT2D eigenvalue weighted by Crippen LogP contribution is 2.41. The molecule has 3 rings (SSSR count). The molecular formula is C18H23N3O2. The molecule has 2 aromatic rings. The number of hydrogen-bond donors (Lipinski definition) is 2. The number of imidazole rings is 1. The van der Waals surface area contributed by atoms with Gasteiger partial charge in [-0.25, -0.2) is 9.78 Å². The van der Waals surface area contributed by atoms with Crippen LogP contribution in [0.4, 0.5) is 0 Å². The Balaban J connectivity index is 2.14. The van der Waals surface area contributed by atoms with Gasteiger partial charge in [-0.1, -0.05) is 0 Å². The maximum Gasteiger partial charge on any atom is 0.331 e. The molecule has 2 N–H and O–H groups in total. The lowest BCUT2D eigenvalue weighted by molar-refractivity contribution is -0.132. The molecule has 23 heavy (non-hydrogen) atoms. The van der Waals surface area contributed by atoms with Gasteiger partial charge < -0.3 is 15.0 Å². The van der Waals surface area contributed by atoms with Gasteiger partial charge in [-0.05, 0) is 69.5 Å². The van der Waals surface area contributed by atoms with Gasteiger partial charge in [-0.3, -0.25) is 0 Å². The molecule has 0 radical (unpaired) electrons. The van der Waals surface area contributed by atoms with Gasteiger partial charge >= 0.3 is 5.97 Å². The normalized spacial score (nSPS) is 17.3. The number of aromatic nitrogens is 2. The number of carboxylic acids is 1. The van der Waals surface area contributed by atoms with Gasteiger partial charge in [0.1, 0.15) is 5.82 Å². The lowest BCUT2D eigenvalue weighted by Crippen LogP contribution is -2.47. The van der Waals surface area contributed by atoms with Gasteiger partial charge in [0.25, 0.3) is 0 Å². The fourth-order valence-corrected chi connectivity index (χ4v) is 3.35. The highest BCUT2D eigenvalue weighted by molar-refractivity contribution is 5.92. The van der Waals surface area contributed by atoms with Crippen LogP contribution in [0.2, 0.25) is 0 Å². The van der Waals surface area contributed by atoms with Crippen LogP contribution in [0, 0.1) is 6.92 Å². The average Bonchev–Trinajstić information content (AvgIpc) is 2.76. The number of hydrogen-bond acceptors (Lipinski definition) is 3. The molecule has 0 aliphatic heterocycles. The SMILES string of the molecule is CNC1(c2nc3cc(/C=C(\C)C(=O)O)c(C)cc3n2C)CCC1. The van der Waals surface area contributed by atoms with Gasteiger partial charge in [-0.2, -0.15) is 0 Å². The molecule has 1 saturated carbocycles. The zero-order valence-electron chi connectivity index (χ0n) is 14.1. The van der Waals surface area contributed by atoms with E-state index in [4.69, 9.17) is 10.1 Å². The molecule has 1 fully saturated rings. The van der Waals surface area contributed by atoms with Crippen molar-refractivity contribution in [1.29, 1.82) is 0 Å². The van der Waals surface area contributed by atoms with Crippen molar-refractivity contribution in [1.82, 2.24) is 14.9 Å². The molecule has 1 aliphatic carbocycles. The largest absolute Gasteiger partial charge is 0.478 e. The predicted octanol–water partition coefficient (Wildman–Crippen LogP) is 2.97. The highest BCUT2D eigenvalue weighted by atomic mass is 16.4. The highest BCUT2D eigenvalue weighted by Gasteiger charge is 2.41. The Labute approximate surface area is 136 Å². The quantitative estimate of drug-likeness (QED) is 0.852. The maximum absolute atomic E-state index is 11.1. The Morgan fingerprint density at radius 3 is 2.65 bits per heavy atom. The topological polar surface area (TPSA) is 67.2 Å². The first-order valence-electron chi connectivity index (χ1n) is 7.96. The van der Waals surface area contributed by atoms with E-state index in [-0.39, 0.29) is 5.54 Å². The first-order valence-corrected chi connectivity index (χ1v) is 7.96. The van der Waals surface area contributed by atoms with Crippen molar-refractivity contribution < 1.29 is 9.90 Å². The number of benzene rings is 1. The number of nitrogens with one attached hydrogen (secondary N) is 1. The second kappa shape index (κ2) is 5.49. The van der Waals surface area contributed by atoms with Crippen molar-refractivity contribution in [3.63, 3.8) is 0 Å². The summed E-state index contributed by atoms with van der Waals surface area (Å²) in [6.45, 7) is 3.62. The van der Waals surface area contributed by atoms with E-state index in [2.05, 4.69) is 23.0 Å². The number of aliphatic carboxylic acids is 1. The summed E-state index contributed by atoms with van der Waals surface area (Å²) in [7, 11) is 4.05. The van der Waals surface area contributed by atoms with Crippen molar-refractivity contribution in [3.8, 4) is 0 Å². The van der Waals surface area contributed by atoms with Crippen molar-refractivity contribution in [2.45, 2.75) is 38.6 Å². The predicted molar refractivity (Wildman–Crippen MR) is 91.3 cm³/mol. The monoisotopic (exact) mass is 313 g/mol. The molecule has 1 aliphatic rings. The molecule has 122 valence electrons. The number of rotatable bonds is 4. The van der Waals surface area contributed by atoms with Crippen LogP contribution in [0.5, 0.6) is 0 Å². The van der Waals surface area contributed by atoms with E-state index in [1.807, 2.05) is 20.0 Å². The third kappa shape index (κ3) is 2.45. The summed E-state index contributed by atoms with van der Waals surface area (Å²) in [5.74, 6) is 0.173. The first-order chi connectivity index (χ1) is 10.9. The molecule has 0 bridgehead atoms. The van der Waals surface area contributed by atoms with Crippen LogP contribution >= 0.6 is 0 Å². The van der Waals surface area contributed by atoms with Gasteiger partial charge in [-0.15, -0.1) is 0 Å². The lowest BCUT2D eigenvalue weighted by atomic mass is 9.76. The Bertz CT molecular complexity index is 808. The minimum absolute atomic E-state index is 0.0192. The smallest absolute Gasteiger partial charge is 0.331 e. The summed E-state index contributed by atoms with van der Waals surface area (Å²) in [4.78, 5) is 15.9. The lowest BCUT2D eigenvalue weighted by Gasteiger charge is -2.40. The number of carboxylic acid groups (broad SMARTS) is 1. The molecule has 1 heterocycles. The molecule has 1 aromatic heterocycles. The van der Waals surface area contributed by atoms with Gasteiger partial charge in [0.15, 0.2) is 0 Å². The third-order valence-corrected chi connectivity index (χ3v) is 5.09. The Kier molecular flexibility index (Phi) is 3.76. The van der Waals surface area contributed by atoms with Crippen molar-refractivity contribution >= 4 is 23.1 Å². The summed E-state index contributed by atoms with van der Waals surface area (Å²) in [6.07, 6.45) is 5.13. The maximum atomic E-state index is 11.1. The van der Waals surface area contributed by atoms with Crippen LogP contribution in [0.25, 0.3) is 17.1 Å². The molecule has 5 nitrogen and oxygen atoms in total. The number of aryl methyl sites for hydroxylation is 2. The molecule has 0 saturated heterocycles. The molecule has 5 heteroatoms.